The average molecular weight is 593 g/mol. The van der Waals surface area contributed by atoms with Gasteiger partial charge in [0.25, 0.3) is 0 Å². The van der Waals surface area contributed by atoms with Crippen LogP contribution >= 0.6 is 11.3 Å². The first-order valence-corrected chi connectivity index (χ1v) is 15.5. The Bertz CT molecular complexity index is 1670. The number of hydrogen-bond donors (Lipinski definition) is 1. The smallest absolute Gasteiger partial charge is 0.410 e. The molecule has 212 valence electrons. The minimum Gasteiger partial charge on any atom is -0.410 e. The molecule has 6 rings (SSSR count). The fourth-order valence-corrected chi connectivity index (χ4v) is 7.98. The molecule has 1 saturated heterocycles. The maximum absolute atomic E-state index is 13.8. The normalized spacial score (nSPS) is 18.1. The molecule has 0 spiro atoms. The van der Waals surface area contributed by atoms with Gasteiger partial charge in [-0.05, 0) is 63.1 Å². The van der Waals surface area contributed by atoms with Gasteiger partial charge in [-0.25, -0.2) is 23.2 Å². The Hall–Kier alpha value is -3.94. The number of anilines is 2. The third-order valence-corrected chi connectivity index (χ3v) is 10.9. The second kappa shape index (κ2) is 10.8. The number of amides is 1. The third kappa shape index (κ3) is 5.39. The average Bonchev–Trinajstić information content (AvgIpc) is 3.68. The van der Waals surface area contributed by atoms with E-state index in [9.17, 15) is 13.2 Å². The Morgan fingerprint density at radius 2 is 1.85 bits per heavy atom. The molecule has 1 atom stereocenters. The predicted molar refractivity (Wildman–Crippen MR) is 154 cm³/mol. The molecule has 1 aliphatic heterocycles. The summed E-state index contributed by atoms with van der Waals surface area (Å²) in [6.07, 6.45) is 0.266. The fourth-order valence-electron chi connectivity index (χ4n) is 4.78. The fraction of sp³-hybridized carbons (Fsp3) is 0.321. The van der Waals surface area contributed by atoms with Gasteiger partial charge in [0.15, 0.2) is 5.82 Å². The molecule has 2 aliphatic rings. The summed E-state index contributed by atoms with van der Waals surface area (Å²) in [6, 6.07) is 17.6. The Balaban J connectivity index is 1.33. The van der Waals surface area contributed by atoms with Gasteiger partial charge in [0.1, 0.15) is 21.3 Å². The van der Waals surface area contributed by atoms with Gasteiger partial charge in [0, 0.05) is 23.9 Å². The van der Waals surface area contributed by atoms with Crippen LogP contribution in [-0.2, 0) is 19.3 Å². The number of benzene rings is 2. The molecule has 3 heterocycles. The van der Waals surface area contributed by atoms with E-state index in [1.807, 2.05) is 13.0 Å². The number of carbonyl (C=O) groups is 1. The Morgan fingerprint density at radius 3 is 2.51 bits per heavy atom. The zero-order valence-corrected chi connectivity index (χ0v) is 24.1. The van der Waals surface area contributed by atoms with Crippen LogP contribution < -0.4 is 15.0 Å². The molecule has 1 amide bonds. The number of aryl methyl sites for hydroxylation is 1. The molecule has 4 aromatic rings. The highest BCUT2D eigenvalue weighted by atomic mass is 32.2. The predicted octanol–water partition coefficient (Wildman–Crippen LogP) is 4.60. The van der Waals surface area contributed by atoms with Crippen LogP contribution in [-0.4, -0.2) is 60.5 Å². The number of nitrogens with zero attached hydrogens (tertiary/aromatic N) is 5. The minimum atomic E-state index is -3.82. The highest BCUT2D eigenvalue weighted by Crippen LogP contribution is 2.55. The van der Waals surface area contributed by atoms with Crippen molar-refractivity contribution in [2.75, 3.05) is 30.0 Å². The quantitative estimate of drug-likeness (QED) is 0.324. The number of carbonyl (C=O) groups excluding carboxylic acids is 1. The number of aromatic nitrogens is 4. The van der Waals surface area contributed by atoms with Crippen molar-refractivity contribution in [1.29, 1.82) is 0 Å². The summed E-state index contributed by atoms with van der Waals surface area (Å²) in [7, 11) is -3.82. The van der Waals surface area contributed by atoms with Crippen molar-refractivity contribution in [3.05, 3.63) is 71.4 Å². The van der Waals surface area contributed by atoms with E-state index in [0.29, 0.717) is 71.9 Å². The summed E-state index contributed by atoms with van der Waals surface area (Å²) < 4.78 is 37.3. The monoisotopic (exact) mass is 592 g/mol. The van der Waals surface area contributed by atoms with Gasteiger partial charge in [-0.2, -0.15) is 0 Å². The molecule has 1 N–H and O–H groups in total. The van der Waals surface area contributed by atoms with Crippen molar-refractivity contribution in [2.24, 2.45) is 0 Å². The summed E-state index contributed by atoms with van der Waals surface area (Å²) >= 11 is 1.07. The second-order valence-corrected chi connectivity index (χ2v) is 13.7. The maximum atomic E-state index is 13.8. The van der Waals surface area contributed by atoms with E-state index < -0.39 is 20.7 Å². The molecule has 0 unspecified atom stereocenters. The largest absolute Gasteiger partial charge is 0.417 e. The summed E-state index contributed by atoms with van der Waals surface area (Å²) in [6.45, 7) is 5.49. The number of ether oxygens (including phenoxy) is 2. The van der Waals surface area contributed by atoms with E-state index in [1.165, 1.54) is 0 Å². The maximum Gasteiger partial charge on any atom is 0.417 e. The van der Waals surface area contributed by atoms with E-state index in [1.54, 1.807) is 61.5 Å². The first-order valence-electron chi connectivity index (χ1n) is 13.2. The Labute approximate surface area is 241 Å². The molecular weight excluding hydrogens is 564 g/mol. The van der Waals surface area contributed by atoms with Crippen LogP contribution in [0.25, 0.3) is 11.4 Å². The van der Waals surface area contributed by atoms with Crippen LogP contribution in [0.15, 0.2) is 65.0 Å². The van der Waals surface area contributed by atoms with E-state index in [-0.39, 0.29) is 10.4 Å². The number of rotatable bonds is 7. The second-order valence-electron chi connectivity index (χ2n) is 10.0. The van der Waals surface area contributed by atoms with Crippen LogP contribution in [0.4, 0.5) is 16.3 Å². The molecule has 1 saturated carbocycles. The van der Waals surface area contributed by atoms with Crippen molar-refractivity contribution in [1.82, 2.24) is 20.2 Å². The van der Waals surface area contributed by atoms with Crippen LogP contribution in [0.5, 0.6) is 5.75 Å². The first-order chi connectivity index (χ1) is 19.7. The van der Waals surface area contributed by atoms with E-state index in [0.717, 1.165) is 11.3 Å². The zero-order chi connectivity index (χ0) is 28.6. The number of nitrogens with one attached hydrogen (secondary N) is 1. The Kier molecular flexibility index (Phi) is 7.18. The number of morpholine rings is 1. The number of sulfone groups is 1. The van der Waals surface area contributed by atoms with Gasteiger partial charge >= 0.3 is 6.09 Å². The van der Waals surface area contributed by atoms with Crippen molar-refractivity contribution in [2.45, 2.75) is 41.8 Å². The van der Waals surface area contributed by atoms with E-state index in [2.05, 4.69) is 20.4 Å². The summed E-state index contributed by atoms with van der Waals surface area (Å²) in [5.74, 6) is 1.47. The zero-order valence-electron chi connectivity index (χ0n) is 22.5. The van der Waals surface area contributed by atoms with Gasteiger partial charge in [-0.1, -0.05) is 29.5 Å². The molecule has 2 aromatic carbocycles. The standard InChI is InChI=1S/C28H28N6O5S2/c1-18-17-38-15-14-34(18)24-16-23(28(12-13-28)41(36,37)27-33-32-19(2)40-27)30-25(31-24)20-8-10-21(11-9-20)29-26(35)39-22-6-4-3-5-7-22/h3-11,16,18H,12-15,17H2,1-2H3,(H,29,35)/t18-/m0/s1. The van der Waals surface area contributed by atoms with E-state index in [4.69, 9.17) is 19.4 Å². The van der Waals surface area contributed by atoms with Crippen molar-refractivity contribution >= 4 is 38.8 Å². The van der Waals surface area contributed by atoms with Crippen LogP contribution in [0.1, 0.15) is 30.5 Å². The van der Waals surface area contributed by atoms with Gasteiger partial charge in [0.2, 0.25) is 14.2 Å². The molecule has 11 nitrogen and oxygen atoms in total. The lowest BCUT2D eigenvalue weighted by atomic mass is 10.1. The van der Waals surface area contributed by atoms with Crippen LogP contribution in [0.2, 0.25) is 0 Å². The molecule has 1 aliphatic carbocycles. The summed E-state index contributed by atoms with van der Waals surface area (Å²) in [4.78, 5) is 24.1. The van der Waals surface area contributed by atoms with Gasteiger partial charge in [-0.3, -0.25) is 5.32 Å². The van der Waals surface area contributed by atoms with E-state index >= 15 is 0 Å². The highest BCUT2D eigenvalue weighted by molar-refractivity contribution is 7.94. The molecular formula is C28H28N6O5S2. The third-order valence-electron chi connectivity index (χ3n) is 7.14. The van der Waals surface area contributed by atoms with Gasteiger partial charge in [-0.15, -0.1) is 10.2 Å². The van der Waals surface area contributed by atoms with Crippen molar-refractivity contribution in [3.63, 3.8) is 0 Å². The van der Waals surface area contributed by atoms with Gasteiger partial charge < -0.3 is 14.4 Å². The molecule has 41 heavy (non-hydrogen) atoms. The number of hydrogen-bond acceptors (Lipinski definition) is 11. The molecule has 0 bridgehead atoms. The molecule has 2 aromatic heterocycles. The molecule has 2 fully saturated rings. The van der Waals surface area contributed by atoms with Crippen molar-refractivity contribution < 1.29 is 22.7 Å². The molecule has 13 heteroatoms. The minimum absolute atomic E-state index is 0.00627. The summed E-state index contributed by atoms with van der Waals surface area (Å²) in [5.41, 5.74) is 1.65. The Morgan fingerprint density at radius 1 is 1.10 bits per heavy atom. The SMILES string of the molecule is Cc1nnc(S(=O)(=O)C2(c3cc(N4CCOC[C@@H]4C)nc(-c4ccc(NC(=O)Oc5ccccc5)cc4)n3)CC2)s1. The van der Waals surface area contributed by atoms with Crippen molar-refractivity contribution in [3.8, 4) is 17.1 Å². The highest BCUT2D eigenvalue weighted by Gasteiger charge is 2.59. The molecule has 0 radical (unpaired) electrons. The van der Waals surface area contributed by atoms with Crippen LogP contribution in [0, 0.1) is 6.92 Å². The van der Waals surface area contributed by atoms with Crippen LogP contribution in [0.3, 0.4) is 0 Å². The first kappa shape index (κ1) is 27.2. The number of para-hydroxylation sites is 1. The lowest BCUT2D eigenvalue weighted by Gasteiger charge is -2.34. The lowest BCUT2D eigenvalue weighted by Crippen LogP contribution is -2.44. The van der Waals surface area contributed by atoms with Gasteiger partial charge in [0.05, 0.1) is 24.9 Å². The lowest BCUT2D eigenvalue weighted by molar-refractivity contribution is 0.0985. The topological polar surface area (TPSA) is 136 Å². The summed E-state index contributed by atoms with van der Waals surface area (Å²) in [5, 5.41) is 11.2.